The van der Waals surface area contributed by atoms with Gasteiger partial charge in [0.15, 0.2) is 0 Å². The second-order valence-corrected chi connectivity index (χ2v) is 4.94. The molecule has 3 atom stereocenters. The molecule has 0 bridgehead atoms. The van der Waals surface area contributed by atoms with E-state index >= 15 is 0 Å². The highest BCUT2D eigenvalue weighted by molar-refractivity contribution is 5.86. The van der Waals surface area contributed by atoms with E-state index in [2.05, 4.69) is 5.32 Å². The zero-order chi connectivity index (χ0) is 13.6. The molecule has 100 valence electrons. The van der Waals surface area contributed by atoms with E-state index in [1.165, 1.54) is 0 Å². The fourth-order valence-corrected chi connectivity index (χ4v) is 1.47. The van der Waals surface area contributed by atoms with Crippen LogP contribution in [0.5, 0.6) is 0 Å². The third-order valence-corrected chi connectivity index (χ3v) is 2.88. The Labute approximate surface area is 103 Å². The van der Waals surface area contributed by atoms with Crippen molar-refractivity contribution in [1.29, 1.82) is 0 Å². The van der Waals surface area contributed by atoms with Gasteiger partial charge in [0, 0.05) is 0 Å². The second kappa shape index (κ2) is 7.27. The van der Waals surface area contributed by atoms with E-state index in [0.717, 1.165) is 6.42 Å². The highest BCUT2D eigenvalue weighted by Gasteiger charge is 2.26. The van der Waals surface area contributed by atoms with Crippen molar-refractivity contribution in [2.24, 2.45) is 17.6 Å². The Hall–Kier alpha value is -1.10. The van der Waals surface area contributed by atoms with E-state index < -0.39 is 18.1 Å². The molecular formula is C12H24N2O3. The summed E-state index contributed by atoms with van der Waals surface area (Å²) in [6.07, 6.45) is 1.20. The molecule has 4 N–H and O–H groups in total. The summed E-state index contributed by atoms with van der Waals surface area (Å²) < 4.78 is 0. The lowest BCUT2D eigenvalue weighted by atomic mass is 9.98. The SMILES string of the molecule is CC[C@H](C)[C@@H](N)C(=O)N[C@@H](CC(C)C)C(=O)O. The smallest absolute Gasteiger partial charge is 0.326 e. The number of hydrogen-bond donors (Lipinski definition) is 3. The summed E-state index contributed by atoms with van der Waals surface area (Å²) in [5.74, 6) is -1.14. The van der Waals surface area contributed by atoms with Crippen molar-refractivity contribution >= 4 is 11.9 Å². The van der Waals surface area contributed by atoms with Crippen LogP contribution in [0.1, 0.15) is 40.5 Å². The van der Waals surface area contributed by atoms with Crippen LogP contribution in [0.15, 0.2) is 0 Å². The number of hydrogen-bond acceptors (Lipinski definition) is 3. The molecule has 0 aromatic rings. The van der Waals surface area contributed by atoms with Crippen molar-refractivity contribution in [3.05, 3.63) is 0 Å². The number of carbonyl (C=O) groups is 2. The summed E-state index contributed by atoms with van der Waals surface area (Å²) in [4.78, 5) is 22.7. The maximum Gasteiger partial charge on any atom is 0.326 e. The predicted molar refractivity (Wildman–Crippen MR) is 66.5 cm³/mol. The number of rotatable bonds is 7. The van der Waals surface area contributed by atoms with E-state index in [0.29, 0.717) is 6.42 Å². The Morgan fingerprint density at radius 3 is 2.18 bits per heavy atom. The lowest BCUT2D eigenvalue weighted by Crippen LogP contribution is -2.51. The molecule has 0 heterocycles. The van der Waals surface area contributed by atoms with Gasteiger partial charge in [-0.3, -0.25) is 4.79 Å². The van der Waals surface area contributed by atoms with E-state index in [-0.39, 0.29) is 17.7 Å². The van der Waals surface area contributed by atoms with Gasteiger partial charge in [0.05, 0.1) is 6.04 Å². The van der Waals surface area contributed by atoms with E-state index in [4.69, 9.17) is 10.8 Å². The van der Waals surface area contributed by atoms with Gasteiger partial charge in [0.1, 0.15) is 6.04 Å². The zero-order valence-corrected chi connectivity index (χ0v) is 11.1. The molecule has 5 heteroatoms. The Morgan fingerprint density at radius 2 is 1.82 bits per heavy atom. The van der Waals surface area contributed by atoms with Crippen molar-refractivity contribution in [1.82, 2.24) is 5.32 Å². The van der Waals surface area contributed by atoms with Crippen molar-refractivity contribution < 1.29 is 14.7 Å². The fourth-order valence-electron chi connectivity index (χ4n) is 1.47. The molecule has 17 heavy (non-hydrogen) atoms. The van der Waals surface area contributed by atoms with Crippen LogP contribution < -0.4 is 11.1 Å². The summed E-state index contributed by atoms with van der Waals surface area (Å²) in [6, 6.07) is -1.49. The number of carbonyl (C=O) groups excluding carboxylic acids is 1. The summed E-state index contributed by atoms with van der Waals surface area (Å²) in [7, 11) is 0. The van der Waals surface area contributed by atoms with Crippen LogP contribution in [-0.2, 0) is 9.59 Å². The third-order valence-electron chi connectivity index (χ3n) is 2.88. The van der Waals surface area contributed by atoms with Crippen LogP contribution in [0.25, 0.3) is 0 Å². The lowest BCUT2D eigenvalue weighted by Gasteiger charge is -2.22. The van der Waals surface area contributed by atoms with Gasteiger partial charge in [-0.2, -0.15) is 0 Å². The van der Waals surface area contributed by atoms with Crippen molar-refractivity contribution in [2.45, 2.75) is 52.6 Å². The second-order valence-electron chi connectivity index (χ2n) is 4.94. The van der Waals surface area contributed by atoms with Crippen LogP contribution in [-0.4, -0.2) is 29.1 Å². The average molecular weight is 244 g/mol. The number of carboxylic acid groups (broad SMARTS) is 1. The number of amides is 1. The number of carboxylic acids is 1. The normalized spacial score (nSPS) is 16.4. The maximum absolute atomic E-state index is 11.7. The van der Waals surface area contributed by atoms with E-state index in [1.807, 2.05) is 27.7 Å². The molecule has 0 unspecified atom stereocenters. The van der Waals surface area contributed by atoms with Crippen molar-refractivity contribution in [2.75, 3.05) is 0 Å². The zero-order valence-electron chi connectivity index (χ0n) is 11.1. The van der Waals surface area contributed by atoms with Crippen LogP contribution in [0.4, 0.5) is 0 Å². The monoisotopic (exact) mass is 244 g/mol. The highest BCUT2D eigenvalue weighted by Crippen LogP contribution is 2.08. The quantitative estimate of drug-likeness (QED) is 0.622. The summed E-state index contributed by atoms with van der Waals surface area (Å²) in [6.45, 7) is 7.65. The molecule has 1 amide bonds. The van der Waals surface area contributed by atoms with Crippen LogP contribution in [0.3, 0.4) is 0 Å². The van der Waals surface area contributed by atoms with Gasteiger partial charge in [0.2, 0.25) is 5.91 Å². The molecule has 0 aromatic carbocycles. The van der Waals surface area contributed by atoms with E-state index in [9.17, 15) is 9.59 Å². The van der Waals surface area contributed by atoms with Gasteiger partial charge in [-0.15, -0.1) is 0 Å². The largest absolute Gasteiger partial charge is 0.480 e. The molecule has 0 radical (unpaired) electrons. The molecule has 0 aromatic heterocycles. The van der Waals surface area contributed by atoms with Gasteiger partial charge < -0.3 is 16.2 Å². The van der Waals surface area contributed by atoms with Gasteiger partial charge in [-0.05, 0) is 18.3 Å². The average Bonchev–Trinajstić information content (AvgIpc) is 2.25. The third kappa shape index (κ3) is 5.68. The van der Waals surface area contributed by atoms with Gasteiger partial charge in [0.25, 0.3) is 0 Å². The van der Waals surface area contributed by atoms with Crippen LogP contribution in [0.2, 0.25) is 0 Å². The maximum atomic E-state index is 11.7. The molecule has 0 rings (SSSR count). The van der Waals surface area contributed by atoms with Crippen molar-refractivity contribution in [3.63, 3.8) is 0 Å². The molecule has 0 aliphatic heterocycles. The topological polar surface area (TPSA) is 92.4 Å². The highest BCUT2D eigenvalue weighted by atomic mass is 16.4. The summed E-state index contributed by atoms with van der Waals surface area (Å²) >= 11 is 0. The van der Waals surface area contributed by atoms with Crippen LogP contribution in [0, 0.1) is 11.8 Å². The van der Waals surface area contributed by atoms with Crippen LogP contribution >= 0.6 is 0 Å². The molecule has 0 aliphatic carbocycles. The predicted octanol–water partition coefficient (Wildman–Crippen LogP) is 0.975. The lowest BCUT2D eigenvalue weighted by molar-refractivity contribution is -0.142. The Bertz CT molecular complexity index is 266. The first-order chi connectivity index (χ1) is 7.79. The van der Waals surface area contributed by atoms with Gasteiger partial charge in [-0.1, -0.05) is 34.1 Å². The standard InChI is InChI=1S/C12H24N2O3/c1-5-8(4)10(13)11(15)14-9(12(16)17)6-7(2)3/h7-10H,5-6,13H2,1-4H3,(H,14,15)(H,16,17)/t8-,9-,10+/m0/s1. The van der Waals surface area contributed by atoms with Gasteiger partial charge >= 0.3 is 5.97 Å². The molecule has 5 nitrogen and oxygen atoms in total. The Kier molecular flexibility index (Phi) is 6.80. The number of nitrogens with one attached hydrogen (secondary N) is 1. The van der Waals surface area contributed by atoms with E-state index in [1.54, 1.807) is 0 Å². The number of aliphatic carboxylic acids is 1. The minimum atomic E-state index is -1.01. The Balaban J connectivity index is 4.45. The van der Waals surface area contributed by atoms with Crippen molar-refractivity contribution in [3.8, 4) is 0 Å². The molecule has 0 saturated carbocycles. The minimum Gasteiger partial charge on any atom is -0.480 e. The first-order valence-corrected chi connectivity index (χ1v) is 6.08. The molecule has 0 fully saturated rings. The minimum absolute atomic E-state index is 0.0449. The first kappa shape index (κ1) is 15.9. The number of nitrogens with two attached hydrogens (primary N) is 1. The molecule has 0 aliphatic rings. The summed E-state index contributed by atoms with van der Waals surface area (Å²) in [5.41, 5.74) is 5.75. The molecule has 0 saturated heterocycles. The first-order valence-electron chi connectivity index (χ1n) is 6.08. The Morgan fingerprint density at radius 1 is 1.29 bits per heavy atom. The molecular weight excluding hydrogens is 220 g/mol. The summed E-state index contributed by atoms with van der Waals surface area (Å²) in [5, 5.41) is 11.5. The fraction of sp³-hybridized carbons (Fsp3) is 0.833. The van der Waals surface area contributed by atoms with Gasteiger partial charge in [-0.25, -0.2) is 4.79 Å². The molecule has 0 spiro atoms.